The molecule has 1 heterocycles. The van der Waals surface area contributed by atoms with Crippen LogP contribution in [0, 0.1) is 0 Å². The van der Waals surface area contributed by atoms with Gasteiger partial charge in [-0.15, -0.1) is 0 Å². The first kappa shape index (κ1) is 19.3. The maximum atomic E-state index is 12.9. The lowest BCUT2D eigenvalue weighted by molar-refractivity contribution is -0.138. The molecule has 146 valence electrons. The molecule has 0 aliphatic carbocycles. The molecular formula is C21H22N2O5. The Labute approximate surface area is 163 Å². The molecule has 0 saturated carbocycles. The highest BCUT2D eigenvalue weighted by Crippen LogP contribution is 2.40. The summed E-state index contributed by atoms with van der Waals surface area (Å²) in [7, 11) is 3.04. The van der Waals surface area contributed by atoms with E-state index in [0.717, 1.165) is 0 Å². The predicted molar refractivity (Wildman–Crippen MR) is 104 cm³/mol. The average molecular weight is 382 g/mol. The second-order valence-corrected chi connectivity index (χ2v) is 5.99. The number of hydrogen-bond acceptors (Lipinski definition) is 5. The van der Waals surface area contributed by atoms with Gasteiger partial charge in [0.15, 0.2) is 11.5 Å². The van der Waals surface area contributed by atoms with Crippen LogP contribution in [0.3, 0.4) is 0 Å². The minimum atomic E-state index is -0.770. The fourth-order valence-electron chi connectivity index (χ4n) is 3.20. The number of amides is 2. The fraction of sp³-hybridized carbons (Fsp3) is 0.238. The number of urea groups is 1. The van der Waals surface area contributed by atoms with Crippen LogP contribution < -0.4 is 20.1 Å². The zero-order valence-corrected chi connectivity index (χ0v) is 15.9. The SMILES string of the molecule is CCOC(=O)C1=C(c2ccccc2)NC(=O)N[C@@H]1c1cccc(OC)c1OC. The van der Waals surface area contributed by atoms with E-state index in [1.165, 1.54) is 14.2 Å². The highest BCUT2D eigenvalue weighted by Gasteiger charge is 2.36. The van der Waals surface area contributed by atoms with Crippen molar-refractivity contribution in [1.82, 2.24) is 10.6 Å². The van der Waals surface area contributed by atoms with Crippen molar-refractivity contribution in [3.63, 3.8) is 0 Å². The highest BCUT2D eigenvalue weighted by atomic mass is 16.5. The number of ether oxygens (including phenoxy) is 3. The van der Waals surface area contributed by atoms with Crippen molar-refractivity contribution in [2.45, 2.75) is 13.0 Å². The number of rotatable bonds is 6. The molecule has 0 aromatic heterocycles. The van der Waals surface area contributed by atoms with Gasteiger partial charge in [-0.05, 0) is 18.6 Å². The number of para-hydroxylation sites is 1. The molecule has 0 bridgehead atoms. The molecule has 2 amide bonds. The van der Waals surface area contributed by atoms with Crippen LogP contribution >= 0.6 is 0 Å². The van der Waals surface area contributed by atoms with Crippen molar-refractivity contribution in [1.29, 1.82) is 0 Å². The minimum absolute atomic E-state index is 0.209. The molecule has 2 aromatic rings. The van der Waals surface area contributed by atoms with Crippen molar-refractivity contribution in [3.05, 3.63) is 65.2 Å². The monoisotopic (exact) mass is 382 g/mol. The standard InChI is InChI=1S/C21H22N2O5/c1-4-28-20(24)16-17(13-9-6-5-7-10-13)22-21(25)23-18(16)14-11-8-12-15(26-2)19(14)27-3/h5-12,18H,4H2,1-3H3,(H2,22,23,25)/t18-/m1/s1. The molecule has 7 heteroatoms. The van der Waals surface area contributed by atoms with Gasteiger partial charge in [0.2, 0.25) is 0 Å². The Morgan fingerprint density at radius 3 is 2.43 bits per heavy atom. The molecule has 3 rings (SSSR count). The maximum absolute atomic E-state index is 12.9. The van der Waals surface area contributed by atoms with Gasteiger partial charge >= 0.3 is 12.0 Å². The summed E-state index contributed by atoms with van der Waals surface area (Å²) in [6.07, 6.45) is 0. The molecule has 2 aromatic carbocycles. The van der Waals surface area contributed by atoms with Crippen LogP contribution in [-0.4, -0.2) is 32.8 Å². The third kappa shape index (κ3) is 3.64. The van der Waals surface area contributed by atoms with E-state index in [-0.39, 0.29) is 6.61 Å². The summed E-state index contributed by atoms with van der Waals surface area (Å²) in [5.74, 6) is 0.410. The van der Waals surface area contributed by atoms with Crippen molar-refractivity contribution in [3.8, 4) is 11.5 Å². The molecule has 0 radical (unpaired) electrons. The van der Waals surface area contributed by atoms with Gasteiger partial charge in [0.1, 0.15) is 0 Å². The fourth-order valence-corrected chi connectivity index (χ4v) is 3.20. The van der Waals surface area contributed by atoms with Crippen LogP contribution in [0.2, 0.25) is 0 Å². The number of carbonyl (C=O) groups is 2. The number of carbonyl (C=O) groups excluding carboxylic acids is 2. The van der Waals surface area contributed by atoms with Crippen LogP contribution in [0.25, 0.3) is 5.70 Å². The first-order chi connectivity index (χ1) is 13.6. The summed E-state index contributed by atoms with van der Waals surface area (Å²) in [5, 5.41) is 5.55. The molecule has 1 aliphatic rings. The van der Waals surface area contributed by atoms with Crippen LogP contribution in [0.15, 0.2) is 54.1 Å². The van der Waals surface area contributed by atoms with Gasteiger partial charge in [0.05, 0.1) is 38.1 Å². The lowest BCUT2D eigenvalue weighted by atomic mass is 9.92. The summed E-state index contributed by atoms with van der Waals surface area (Å²) >= 11 is 0. The Bertz CT molecular complexity index is 908. The molecular weight excluding hydrogens is 360 g/mol. The van der Waals surface area contributed by atoms with Gasteiger partial charge in [-0.25, -0.2) is 9.59 Å². The topological polar surface area (TPSA) is 85.9 Å². The third-order valence-corrected chi connectivity index (χ3v) is 4.37. The second kappa shape index (κ2) is 8.47. The Balaban J connectivity index is 2.24. The van der Waals surface area contributed by atoms with Gasteiger partial charge in [-0.2, -0.15) is 0 Å². The predicted octanol–water partition coefficient (Wildman–Crippen LogP) is 3.03. The zero-order valence-electron chi connectivity index (χ0n) is 15.9. The number of benzene rings is 2. The van der Waals surface area contributed by atoms with E-state index in [9.17, 15) is 9.59 Å². The Morgan fingerprint density at radius 1 is 1.04 bits per heavy atom. The highest BCUT2D eigenvalue weighted by molar-refractivity contribution is 6.04. The van der Waals surface area contributed by atoms with E-state index in [4.69, 9.17) is 14.2 Å². The number of esters is 1. The number of methoxy groups -OCH3 is 2. The van der Waals surface area contributed by atoms with Crippen molar-refractivity contribution >= 4 is 17.7 Å². The van der Waals surface area contributed by atoms with E-state index in [1.54, 1.807) is 25.1 Å². The first-order valence-corrected chi connectivity index (χ1v) is 8.85. The van der Waals surface area contributed by atoms with Gasteiger partial charge in [0, 0.05) is 5.56 Å². The van der Waals surface area contributed by atoms with E-state index in [0.29, 0.717) is 33.9 Å². The van der Waals surface area contributed by atoms with Crippen LogP contribution in [-0.2, 0) is 9.53 Å². The summed E-state index contributed by atoms with van der Waals surface area (Å²) in [5.41, 5.74) is 1.98. The average Bonchev–Trinajstić information content (AvgIpc) is 2.73. The van der Waals surface area contributed by atoms with Crippen molar-refractivity contribution in [2.24, 2.45) is 0 Å². The maximum Gasteiger partial charge on any atom is 0.338 e. The zero-order chi connectivity index (χ0) is 20.1. The lowest BCUT2D eigenvalue weighted by Gasteiger charge is -2.30. The molecule has 1 aliphatic heterocycles. The van der Waals surface area contributed by atoms with E-state index >= 15 is 0 Å². The van der Waals surface area contributed by atoms with Crippen molar-refractivity contribution in [2.75, 3.05) is 20.8 Å². The third-order valence-electron chi connectivity index (χ3n) is 4.37. The molecule has 7 nitrogen and oxygen atoms in total. The lowest BCUT2D eigenvalue weighted by Crippen LogP contribution is -2.45. The summed E-state index contributed by atoms with van der Waals surface area (Å²) in [6, 6.07) is 13.3. The minimum Gasteiger partial charge on any atom is -0.493 e. The van der Waals surface area contributed by atoms with Gasteiger partial charge in [-0.3, -0.25) is 0 Å². The van der Waals surface area contributed by atoms with Gasteiger partial charge in [0.25, 0.3) is 0 Å². The normalized spacial score (nSPS) is 16.1. The Hall–Kier alpha value is -3.48. The summed E-state index contributed by atoms with van der Waals surface area (Å²) in [6.45, 7) is 1.94. The van der Waals surface area contributed by atoms with Gasteiger partial charge in [-0.1, -0.05) is 42.5 Å². The molecule has 0 fully saturated rings. The molecule has 2 N–H and O–H groups in total. The molecule has 0 saturated heterocycles. The number of hydrogen-bond donors (Lipinski definition) is 2. The Kier molecular flexibility index (Phi) is 5.84. The first-order valence-electron chi connectivity index (χ1n) is 8.85. The quantitative estimate of drug-likeness (QED) is 0.750. The van der Waals surface area contributed by atoms with E-state index in [2.05, 4.69) is 10.6 Å². The van der Waals surface area contributed by atoms with Crippen LogP contribution in [0.5, 0.6) is 11.5 Å². The number of nitrogens with one attached hydrogen (secondary N) is 2. The Morgan fingerprint density at radius 2 is 1.79 bits per heavy atom. The van der Waals surface area contributed by atoms with Gasteiger partial charge < -0.3 is 24.8 Å². The smallest absolute Gasteiger partial charge is 0.338 e. The molecule has 0 spiro atoms. The molecule has 28 heavy (non-hydrogen) atoms. The van der Waals surface area contributed by atoms with Crippen LogP contribution in [0.1, 0.15) is 24.1 Å². The largest absolute Gasteiger partial charge is 0.493 e. The van der Waals surface area contributed by atoms with E-state index < -0.39 is 18.0 Å². The van der Waals surface area contributed by atoms with Crippen LogP contribution in [0.4, 0.5) is 4.79 Å². The molecule has 0 unspecified atom stereocenters. The summed E-state index contributed by atoms with van der Waals surface area (Å²) < 4.78 is 16.2. The summed E-state index contributed by atoms with van der Waals surface area (Å²) in [4.78, 5) is 25.3. The molecule has 1 atom stereocenters. The van der Waals surface area contributed by atoms with Crippen molar-refractivity contribution < 1.29 is 23.8 Å². The van der Waals surface area contributed by atoms with E-state index in [1.807, 2.05) is 30.3 Å². The second-order valence-electron chi connectivity index (χ2n) is 5.99.